The second-order valence-corrected chi connectivity index (χ2v) is 5.96. The van der Waals surface area contributed by atoms with Crippen molar-refractivity contribution in [1.29, 1.82) is 0 Å². The van der Waals surface area contributed by atoms with E-state index >= 15 is 0 Å². The first-order valence-corrected chi connectivity index (χ1v) is 7.35. The van der Waals surface area contributed by atoms with E-state index in [9.17, 15) is 9.59 Å². The largest absolute Gasteiger partial charge is 0.479 e. The first kappa shape index (κ1) is 12.9. The Morgan fingerprint density at radius 2 is 1.74 bits per heavy atom. The summed E-state index contributed by atoms with van der Waals surface area (Å²) in [6.07, 6.45) is 5.53. The third-order valence-corrected chi connectivity index (χ3v) is 4.85. The van der Waals surface area contributed by atoms with Gasteiger partial charge in [-0.1, -0.05) is 6.42 Å². The van der Waals surface area contributed by atoms with E-state index in [1.54, 1.807) is 0 Å². The van der Waals surface area contributed by atoms with Crippen LogP contribution in [-0.2, 0) is 14.3 Å². The molecule has 4 atom stereocenters. The highest BCUT2D eigenvalue weighted by Crippen LogP contribution is 2.37. The molecule has 2 saturated heterocycles. The number of ether oxygens (including phenoxy) is 1. The van der Waals surface area contributed by atoms with Gasteiger partial charge in [0.25, 0.3) is 5.91 Å². The summed E-state index contributed by atoms with van der Waals surface area (Å²) in [5.74, 6) is -0.262. The molecule has 1 amide bonds. The number of carbonyl (C=O) groups is 2. The third-order valence-electron chi connectivity index (χ3n) is 4.85. The molecule has 106 valence electrons. The Bertz CT molecular complexity index is 384. The minimum Gasteiger partial charge on any atom is -0.479 e. The van der Waals surface area contributed by atoms with Crippen molar-refractivity contribution in [3.05, 3.63) is 0 Å². The molecule has 0 radical (unpaired) electrons. The highest BCUT2D eigenvalue weighted by Gasteiger charge is 2.42. The van der Waals surface area contributed by atoms with Gasteiger partial charge < -0.3 is 14.7 Å². The van der Waals surface area contributed by atoms with Crippen molar-refractivity contribution in [1.82, 2.24) is 4.90 Å². The zero-order valence-corrected chi connectivity index (χ0v) is 11.1. The molecule has 2 aliphatic heterocycles. The van der Waals surface area contributed by atoms with Crippen molar-refractivity contribution in [2.75, 3.05) is 6.54 Å². The van der Waals surface area contributed by atoms with Crippen molar-refractivity contribution < 1.29 is 19.4 Å². The van der Waals surface area contributed by atoms with Gasteiger partial charge >= 0.3 is 5.97 Å². The number of carbonyl (C=O) groups excluding carboxylic acids is 1. The Kier molecular flexibility index (Phi) is 3.48. The van der Waals surface area contributed by atoms with Gasteiger partial charge in [0.2, 0.25) is 0 Å². The predicted molar refractivity (Wildman–Crippen MR) is 67.6 cm³/mol. The molecular weight excluding hydrogens is 246 g/mol. The van der Waals surface area contributed by atoms with E-state index in [-0.39, 0.29) is 5.91 Å². The molecular formula is C14H21NO4. The van der Waals surface area contributed by atoms with Crippen molar-refractivity contribution in [2.45, 2.75) is 63.2 Å². The van der Waals surface area contributed by atoms with Gasteiger partial charge in [-0.15, -0.1) is 0 Å². The number of carboxylic acid groups (broad SMARTS) is 1. The van der Waals surface area contributed by atoms with Gasteiger partial charge in [-0.25, -0.2) is 4.79 Å². The fourth-order valence-electron chi connectivity index (χ4n) is 3.91. The molecule has 5 nitrogen and oxygen atoms in total. The molecule has 3 aliphatic rings. The van der Waals surface area contributed by atoms with Crippen molar-refractivity contribution in [2.24, 2.45) is 5.92 Å². The maximum absolute atomic E-state index is 12.5. The number of hydrogen-bond acceptors (Lipinski definition) is 3. The van der Waals surface area contributed by atoms with Crippen LogP contribution >= 0.6 is 0 Å². The van der Waals surface area contributed by atoms with Crippen LogP contribution in [0.2, 0.25) is 0 Å². The Morgan fingerprint density at radius 1 is 1.00 bits per heavy atom. The number of carboxylic acids is 1. The SMILES string of the molecule is O=C(O)C1CCC(C(=O)N2CCCC3CCCC32)O1. The normalized spacial score (nSPS) is 38.2. The lowest BCUT2D eigenvalue weighted by atomic mass is 9.91. The maximum atomic E-state index is 12.5. The number of amides is 1. The summed E-state index contributed by atoms with van der Waals surface area (Å²) in [6, 6.07) is 0.383. The molecule has 1 aliphatic carbocycles. The minimum atomic E-state index is -0.951. The molecule has 5 heteroatoms. The molecule has 0 aromatic rings. The molecule has 0 bridgehead atoms. The number of hydrogen-bond donors (Lipinski definition) is 1. The van der Waals surface area contributed by atoms with Crippen LogP contribution in [0.15, 0.2) is 0 Å². The van der Waals surface area contributed by atoms with Crippen LogP contribution in [0.3, 0.4) is 0 Å². The fraction of sp³-hybridized carbons (Fsp3) is 0.857. The molecule has 4 unspecified atom stereocenters. The number of likely N-dealkylation sites (tertiary alicyclic amines) is 1. The fourth-order valence-corrected chi connectivity index (χ4v) is 3.91. The lowest BCUT2D eigenvalue weighted by Crippen LogP contribution is -2.50. The Labute approximate surface area is 112 Å². The van der Waals surface area contributed by atoms with E-state index in [4.69, 9.17) is 9.84 Å². The Hall–Kier alpha value is -1.10. The molecule has 19 heavy (non-hydrogen) atoms. The van der Waals surface area contributed by atoms with E-state index < -0.39 is 18.2 Å². The molecule has 0 aromatic heterocycles. The lowest BCUT2D eigenvalue weighted by Gasteiger charge is -2.39. The van der Waals surface area contributed by atoms with Crippen molar-refractivity contribution >= 4 is 11.9 Å². The van der Waals surface area contributed by atoms with Gasteiger partial charge in [-0.3, -0.25) is 4.79 Å². The van der Waals surface area contributed by atoms with Gasteiger partial charge in [0.15, 0.2) is 6.10 Å². The van der Waals surface area contributed by atoms with E-state index in [1.807, 2.05) is 4.90 Å². The molecule has 0 spiro atoms. The molecule has 3 fully saturated rings. The lowest BCUT2D eigenvalue weighted by molar-refractivity contribution is -0.156. The van der Waals surface area contributed by atoms with Gasteiger partial charge in [-0.2, -0.15) is 0 Å². The summed E-state index contributed by atoms with van der Waals surface area (Å²) >= 11 is 0. The van der Waals surface area contributed by atoms with Crippen LogP contribution in [-0.4, -0.2) is 46.7 Å². The second-order valence-electron chi connectivity index (χ2n) is 5.96. The quantitative estimate of drug-likeness (QED) is 0.821. The number of rotatable bonds is 2. The van der Waals surface area contributed by atoms with Gasteiger partial charge in [-0.05, 0) is 44.4 Å². The third kappa shape index (κ3) is 2.36. The summed E-state index contributed by atoms with van der Waals surface area (Å²) in [5, 5.41) is 8.92. The zero-order valence-electron chi connectivity index (χ0n) is 11.1. The standard InChI is InChI=1S/C14H21NO4/c16-13(11-6-7-12(19-11)14(17)18)15-8-2-4-9-3-1-5-10(9)15/h9-12H,1-8H2,(H,17,18). The molecule has 3 rings (SSSR count). The Morgan fingerprint density at radius 3 is 2.47 bits per heavy atom. The summed E-state index contributed by atoms with van der Waals surface area (Å²) < 4.78 is 5.40. The Balaban J connectivity index is 1.65. The van der Waals surface area contributed by atoms with Crippen molar-refractivity contribution in [3.63, 3.8) is 0 Å². The van der Waals surface area contributed by atoms with Crippen LogP contribution in [0, 0.1) is 5.92 Å². The second kappa shape index (κ2) is 5.12. The number of nitrogens with zero attached hydrogens (tertiary/aromatic N) is 1. The summed E-state index contributed by atoms with van der Waals surface area (Å²) in [4.78, 5) is 25.4. The molecule has 0 aromatic carbocycles. The smallest absolute Gasteiger partial charge is 0.332 e. The van der Waals surface area contributed by atoms with Crippen LogP contribution in [0.4, 0.5) is 0 Å². The first-order chi connectivity index (χ1) is 9.16. The average Bonchev–Trinajstić information content (AvgIpc) is 3.06. The monoisotopic (exact) mass is 267 g/mol. The topological polar surface area (TPSA) is 66.8 Å². The number of fused-ring (bicyclic) bond motifs is 1. The first-order valence-electron chi connectivity index (χ1n) is 7.35. The van der Waals surface area contributed by atoms with Crippen LogP contribution < -0.4 is 0 Å². The molecule has 2 heterocycles. The van der Waals surface area contributed by atoms with Crippen LogP contribution in [0.1, 0.15) is 44.9 Å². The van der Waals surface area contributed by atoms with Crippen LogP contribution in [0.5, 0.6) is 0 Å². The van der Waals surface area contributed by atoms with Gasteiger partial charge in [0, 0.05) is 12.6 Å². The predicted octanol–water partition coefficient (Wildman–Crippen LogP) is 1.41. The number of piperidine rings is 1. The van der Waals surface area contributed by atoms with Gasteiger partial charge in [0.05, 0.1) is 0 Å². The van der Waals surface area contributed by atoms with E-state index in [0.717, 1.165) is 19.4 Å². The highest BCUT2D eigenvalue weighted by atomic mass is 16.5. The molecule has 1 saturated carbocycles. The molecule has 1 N–H and O–H groups in total. The van der Waals surface area contributed by atoms with Crippen molar-refractivity contribution in [3.8, 4) is 0 Å². The number of aliphatic carboxylic acids is 1. The summed E-state index contributed by atoms with van der Waals surface area (Å²) in [7, 11) is 0. The van der Waals surface area contributed by atoms with E-state index in [2.05, 4.69) is 0 Å². The maximum Gasteiger partial charge on any atom is 0.332 e. The van der Waals surface area contributed by atoms with E-state index in [1.165, 1.54) is 19.3 Å². The summed E-state index contributed by atoms with van der Waals surface area (Å²) in [6.45, 7) is 0.817. The minimum absolute atomic E-state index is 0.0281. The zero-order chi connectivity index (χ0) is 13.4. The van der Waals surface area contributed by atoms with E-state index in [0.29, 0.717) is 24.8 Å². The highest BCUT2D eigenvalue weighted by molar-refractivity contribution is 5.83. The average molecular weight is 267 g/mol. The van der Waals surface area contributed by atoms with Crippen LogP contribution in [0.25, 0.3) is 0 Å². The summed E-state index contributed by atoms with van der Waals surface area (Å²) in [5.41, 5.74) is 0. The van der Waals surface area contributed by atoms with Gasteiger partial charge in [0.1, 0.15) is 6.10 Å².